The number of hydrogen-bond acceptors (Lipinski definition) is 3. The molecule has 2 fully saturated rings. The van der Waals surface area contributed by atoms with Crippen LogP contribution in [0.2, 0.25) is 0 Å². The van der Waals surface area contributed by atoms with Crippen molar-refractivity contribution in [3.05, 3.63) is 24.3 Å². The fourth-order valence-corrected chi connectivity index (χ4v) is 4.84. The molecule has 1 unspecified atom stereocenters. The van der Waals surface area contributed by atoms with Gasteiger partial charge in [0.2, 0.25) is 11.8 Å². The second-order valence-electron chi connectivity index (χ2n) is 8.79. The number of carbonyl (C=O) groups is 2. The number of amides is 2. The number of benzene rings is 1. The fraction of sp³-hybridized carbons (Fsp3) is 0.667. The second kappa shape index (κ2) is 10.1. The van der Waals surface area contributed by atoms with E-state index in [-0.39, 0.29) is 17.7 Å². The van der Waals surface area contributed by atoms with Crippen molar-refractivity contribution in [1.82, 2.24) is 4.90 Å². The third-order valence-electron chi connectivity index (χ3n) is 6.68. The fourth-order valence-electron chi connectivity index (χ4n) is 4.84. The first kappa shape index (κ1) is 21.7. The molecule has 29 heavy (non-hydrogen) atoms. The van der Waals surface area contributed by atoms with Gasteiger partial charge in [-0.1, -0.05) is 6.92 Å². The number of hydrogen-bond donors (Lipinski definition) is 1. The van der Waals surface area contributed by atoms with Gasteiger partial charge in [0.15, 0.2) is 0 Å². The van der Waals surface area contributed by atoms with Gasteiger partial charge in [0.1, 0.15) is 0 Å². The van der Waals surface area contributed by atoms with Crippen molar-refractivity contribution in [2.45, 2.75) is 59.3 Å². The molecule has 160 valence electrons. The molecule has 1 N–H and O–H groups in total. The summed E-state index contributed by atoms with van der Waals surface area (Å²) in [5.41, 5.74) is 2.03. The van der Waals surface area contributed by atoms with E-state index in [0.29, 0.717) is 11.8 Å². The minimum Gasteiger partial charge on any atom is -0.372 e. The summed E-state index contributed by atoms with van der Waals surface area (Å²) in [5.74, 6) is 1.16. The summed E-state index contributed by atoms with van der Waals surface area (Å²) in [5, 5.41) is 3.07. The Kier molecular flexibility index (Phi) is 7.57. The zero-order valence-corrected chi connectivity index (χ0v) is 18.3. The number of likely N-dealkylation sites (tertiary alicyclic amines) is 1. The van der Waals surface area contributed by atoms with Crippen LogP contribution in [0.1, 0.15) is 59.3 Å². The van der Waals surface area contributed by atoms with E-state index < -0.39 is 0 Å². The minimum absolute atomic E-state index is 0.0155. The van der Waals surface area contributed by atoms with Gasteiger partial charge >= 0.3 is 0 Å². The maximum Gasteiger partial charge on any atom is 0.227 e. The highest BCUT2D eigenvalue weighted by Crippen LogP contribution is 2.32. The Bertz CT molecular complexity index is 676. The Morgan fingerprint density at radius 1 is 1.00 bits per heavy atom. The molecule has 1 atom stereocenters. The first-order valence-electron chi connectivity index (χ1n) is 11.5. The van der Waals surface area contributed by atoms with E-state index in [0.717, 1.165) is 64.0 Å². The van der Waals surface area contributed by atoms with Crippen LogP contribution >= 0.6 is 0 Å². The number of nitrogens with one attached hydrogen (secondary N) is 1. The Morgan fingerprint density at radius 2 is 1.62 bits per heavy atom. The van der Waals surface area contributed by atoms with Gasteiger partial charge in [-0.2, -0.15) is 0 Å². The van der Waals surface area contributed by atoms with Gasteiger partial charge in [0.25, 0.3) is 0 Å². The van der Waals surface area contributed by atoms with E-state index in [9.17, 15) is 9.59 Å². The van der Waals surface area contributed by atoms with Crippen LogP contribution in [0.15, 0.2) is 24.3 Å². The van der Waals surface area contributed by atoms with Gasteiger partial charge in [-0.25, -0.2) is 0 Å². The first-order chi connectivity index (χ1) is 14.0. The van der Waals surface area contributed by atoms with E-state index >= 15 is 0 Å². The highest BCUT2D eigenvalue weighted by Gasteiger charge is 2.33. The lowest BCUT2D eigenvalue weighted by Gasteiger charge is -2.35. The predicted molar refractivity (Wildman–Crippen MR) is 119 cm³/mol. The number of nitrogens with zero attached hydrogens (tertiary/aromatic N) is 2. The van der Waals surface area contributed by atoms with Crippen LogP contribution in [0, 0.1) is 17.8 Å². The van der Waals surface area contributed by atoms with Crippen LogP contribution in [-0.4, -0.2) is 42.9 Å². The third kappa shape index (κ3) is 5.52. The summed E-state index contributed by atoms with van der Waals surface area (Å²) in [4.78, 5) is 29.9. The Balaban J connectivity index is 1.48. The van der Waals surface area contributed by atoms with Crippen molar-refractivity contribution in [3.63, 3.8) is 0 Å². The molecule has 1 heterocycles. The third-order valence-corrected chi connectivity index (χ3v) is 6.68. The number of carbonyl (C=O) groups excluding carboxylic acids is 2. The number of rotatable bonds is 6. The lowest BCUT2D eigenvalue weighted by Crippen LogP contribution is -2.43. The predicted octanol–water partition coefficient (Wildman–Crippen LogP) is 4.54. The highest BCUT2D eigenvalue weighted by molar-refractivity contribution is 5.93. The number of piperidine rings is 1. The molecule has 1 aliphatic carbocycles. The smallest absolute Gasteiger partial charge is 0.227 e. The van der Waals surface area contributed by atoms with Crippen LogP contribution < -0.4 is 10.2 Å². The second-order valence-corrected chi connectivity index (χ2v) is 8.79. The number of anilines is 2. The molecule has 0 bridgehead atoms. The molecule has 1 aromatic carbocycles. The van der Waals surface area contributed by atoms with Crippen molar-refractivity contribution in [2.75, 3.05) is 36.4 Å². The monoisotopic (exact) mass is 399 g/mol. The highest BCUT2D eigenvalue weighted by atomic mass is 16.2. The van der Waals surface area contributed by atoms with Gasteiger partial charge in [-0.15, -0.1) is 0 Å². The lowest BCUT2D eigenvalue weighted by atomic mass is 9.80. The van der Waals surface area contributed by atoms with Crippen LogP contribution in [0.5, 0.6) is 0 Å². The molecule has 5 nitrogen and oxygen atoms in total. The van der Waals surface area contributed by atoms with E-state index in [1.54, 1.807) is 0 Å². The maximum absolute atomic E-state index is 12.8. The van der Waals surface area contributed by atoms with Crippen LogP contribution in [0.3, 0.4) is 0 Å². The van der Waals surface area contributed by atoms with Crippen LogP contribution in [0.25, 0.3) is 0 Å². The van der Waals surface area contributed by atoms with E-state index in [1.165, 1.54) is 12.1 Å². The van der Waals surface area contributed by atoms with Crippen LogP contribution in [-0.2, 0) is 9.59 Å². The molecular formula is C24H37N3O2. The molecule has 0 spiro atoms. The summed E-state index contributed by atoms with van der Waals surface area (Å²) < 4.78 is 0. The molecule has 2 amide bonds. The molecule has 5 heteroatoms. The van der Waals surface area contributed by atoms with Gasteiger partial charge in [-0.05, 0) is 82.6 Å². The summed E-state index contributed by atoms with van der Waals surface area (Å²) in [6.07, 6.45) is 5.64. The molecule has 0 aromatic heterocycles. The van der Waals surface area contributed by atoms with Gasteiger partial charge in [-0.3, -0.25) is 9.59 Å². The van der Waals surface area contributed by atoms with Gasteiger partial charge < -0.3 is 15.1 Å². The molecule has 1 aromatic rings. The Labute approximate surface area is 175 Å². The minimum atomic E-state index is 0.0155. The molecule has 3 rings (SSSR count). The molecule has 0 radical (unpaired) electrons. The summed E-state index contributed by atoms with van der Waals surface area (Å²) in [6, 6.07) is 8.10. The lowest BCUT2D eigenvalue weighted by molar-refractivity contribution is -0.139. The molecule has 1 saturated heterocycles. The quantitative estimate of drug-likeness (QED) is 0.764. The van der Waals surface area contributed by atoms with Crippen molar-refractivity contribution >= 4 is 23.2 Å². The van der Waals surface area contributed by atoms with E-state index in [2.05, 4.69) is 48.0 Å². The van der Waals surface area contributed by atoms with E-state index in [1.807, 2.05) is 12.1 Å². The SMILES string of the molecule is CCN(CC)c1ccc(NC(=O)C2CCC(C(=O)N3CCCC(C)C3)CC2)cc1. The van der Waals surface area contributed by atoms with Crippen molar-refractivity contribution in [2.24, 2.45) is 17.8 Å². The largest absolute Gasteiger partial charge is 0.372 e. The first-order valence-corrected chi connectivity index (χ1v) is 11.5. The molecule has 1 aliphatic heterocycles. The van der Waals surface area contributed by atoms with E-state index in [4.69, 9.17) is 0 Å². The zero-order valence-electron chi connectivity index (χ0n) is 18.3. The maximum atomic E-state index is 12.8. The summed E-state index contributed by atoms with van der Waals surface area (Å²) in [7, 11) is 0. The average molecular weight is 400 g/mol. The Morgan fingerprint density at radius 3 is 2.21 bits per heavy atom. The van der Waals surface area contributed by atoms with Crippen molar-refractivity contribution in [3.8, 4) is 0 Å². The summed E-state index contributed by atoms with van der Waals surface area (Å²) >= 11 is 0. The molecular weight excluding hydrogens is 362 g/mol. The van der Waals surface area contributed by atoms with Crippen molar-refractivity contribution in [1.29, 1.82) is 0 Å². The van der Waals surface area contributed by atoms with Gasteiger partial charge in [0, 0.05) is 49.4 Å². The average Bonchev–Trinajstić information content (AvgIpc) is 2.75. The van der Waals surface area contributed by atoms with Crippen molar-refractivity contribution < 1.29 is 9.59 Å². The van der Waals surface area contributed by atoms with Gasteiger partial charge in [0.05, 0.1) is 0 Å². The normalized spacial score (nSPS) is 24.8. The molecule has 1 saturated carbocycles. The Hall–Kier alpha value is -2.04. The van der Waals surface area contributed by atoms with Crippen LogP contribution in [0.4, 0.5) is 11.4 Å². The molecule has 2 aliphatic rings. The standard InChI is InChI=1S/C24H37N3O2/c1-4-26(5-2)22-14-12-21(13-15-22)25-23(28)19-8-10-20(11-9-19)24(29)27-16-6-7-18(3)17-27/h12-15,18-20H,4-11,16-17H2,1-3H3,(H,25,28). The topological polar surface area (TPSA) is 52.7 Å². The summed E-state index contributed by atoms with van der Waals surface area (Å²) in [6.45, 7) is 10.3. The zero-order chi connectivity index (χ0) is 20.8.